The van der Waals surface area contributed by atoms with Crippen molar-refractivity contribution in [3.8, 4) is 0 Å². The molecule has 1 rings (SSSR count). The normalized spacial score (nSPS) is 16.8. The predicted molar refractivity (Wildman–Crippen MR) is 161 cm³/mol. The van der Waals surface area contributed by atoms with E-state index in [4.69, 9.17) is 0 Å². The zero-order valence-electron chi connectivity index (χ0n) is 34.2. The molecule has 0 saturated heterocycles. The molecule has 0 bridgehead atoms. The maximum atomic E-state index is 14.9. The van der Waals surface area contributed by atoms with Gasteiger partial charge in [0.15, 0.2) is 17.5 Å². The van der Waals surface area contributed by atoms with Crippen molar-refractivity contribution in [2.45, 2.75) is 126 Å². The fourth-order valence-electron chi connectivity index (χ4n) is 4.89. The lowest BCUT2D eigenvalue weighted by Crippen LogP contribution is -2.71. The molecule has 0 N–H and O–H groups in total. The third-order valence-electron chi connectivity index (χ3n) is 9.68. The van der Waals surface area contributed by atoms with Crippen LogP contribution in [-0.2, 0) is 0 Å². The molecule has 0 radical (unpaired) electrons. The van der Waals surface area contributed by atoms with Gasteiger partial charge in [0.1, 0.15) is 0 Å². The molecular formula is C33H9F45. The maximum absolute atomic E-state index is 14.9. The highest BCUT2D eigenvalue weighted by atomic mass is 19.4. The summed E-state index contributed by atoms with van der Waals surface area (Å²) in [4.78, 5) is 0. The van der Waals surface area contributed by atoms with Crippen molar-refractivity contribution in [2.75, 3.05) is 0 Å². The Bertz CT molecular complexity index is 2410. The van der Waals surface area contributed by atoms with Crippen molar-refractivity contribution in [1.29, 1.82) is 0 Å². The van der Waals surface area contributed by atoms with Crippen molar-refractivity contribution in [3.05, 3.63) is 52.4 Å². The van der Waals surface area contributed by atoms with Crippen molar-refractivity contribution in [3.63, 3.8) is 0 Å². The first kappa shape index (κ1) is 71.3. The molecule has 45 heteroatoms. The zero-order chi connectivity index (χ0) is 63.4. The van der Waals surface area contributed by atoms with E-state index in [1.165, 1.54) is 0 Å². The van der Waals surface area contributed by atoms with Gasteiger partial charge in [-0.25, -0.2) is 39.5 Å². The zero-order valence-corrected chi connectivity index (χ0v) is 34.2. The minimum Gasteiger partial charge on any atom is -0.205 e. The van der Waals surface area contributed by atoms with Gasteiger partial charge in [0.05, 0.1) is 0 Å². The van der Waals surface area contributed by atoms with Crippen LogP contribution in [0.1, 0.15) is 16.7 Å². The first-order chi connectivity index (χ1) is 33.6. The molecule has 0 amide bonds. The maximum Gasteiger partial charge on any atom is 0.385 e. The van der Waals surface area contributed by atoms with Crippen LogP contribution in [0.3, 0.4) is 0 Å². The molecule has 0 spiro atoms. The van der Waals surface area contributed by atoms with Crippen molar-refractivity contribution in [1.82, 2.24) is 0 Å². The van der Waals surface area contributed by atoms with Gasteiger partial charge < -0.3 is 0 Å². The Morgan fingerprint density at radius 2 is 0.449 bits per heavy atom. The van der Waals surface area contributed by atoms with Crippen LogP contribution in [0, 0.1) is 0 Å². The van der Waals surface area contributed by atoms with Crippen LogP contribution in [0.15, 0.2) is 35.7 Å². The number of rotatable bonds is 24. The quantitative estimate of drug-likeness (QED) is 0.0905. The van der Waals surface area contributed by atoms with E-state index in [1.54, 1.807) is 0 Å². The predicted octanol–water partition coefficient (Wildman–Crippen LogP) is 17.8. The molecule has 1 aromatic carbocycles. The Hall–Kier alpha value is -4.71. The third kappa shape index (κ3) is 9.63. The molecule has 0 fully saturated rings. The first-order valence-electron chi connectivity index (χ1n) is 17.5. The van der Waals surface area contributed by atoms with Crippen LogP contribution in [-0.4, -0.2) is 126 Å². The average Bonchev–Trinajstić information content (AvgIpc) is 3.25. The summed E-state index contributed by atoms with van der Waals surface area (Å²) in [6.07, 6.45) is -25.7. The minimum absolute atomic E-state index is 1.05. The van der Waals surface area contributed by atoms with E-state index in [2.05, 4.69) is 0 Å². The standard InChI is InChI=1S/C33H9F45/c34-10(16(43,44)22(55,56)28(67,68)31(73,74)25(61,62)19(49,50)13(37)38)4-7-1-2-8(5-11(35)17(45,46)23(57,58)29(69,70)32(75,76)26(63,64)20(51,52)14(39)40)9(3-7)6-12(36)18(47,48)24(59,60)30(71,72)33(77,78)27(65,66)21(53,54)15(41)42/h1-6,13-15H/b10-4-,11-5-,12-6-. The number of allylic oxidation sites excluding steroid dienone is 3. The van der Waals surface area contributed by atoms with Gasteiger partial charge in [-0.1, -0.05) is 12.1 Å². The summed E-state index contributed by atoms with van der Waals surface area (Å²) < 4.78 is 619. The lowest BCUT2D eigenvalue weighted by molar-refractivity contribution is -0.430. The van der Waals surface area contributed by atoms with Crippen LogP contribution in [0.4, 0.5) is 198 Å². The molecule has 0 atom stereocenters. The van der Waals surface area contributed by atoms with E-state index in [0.717, 1.165) is 0 Å². The van der Waals surface area contributed by atoms with Crippen LogP contribution in [0.5, 0.6) is 0 Å². The highest BCUT2D eigenvalue weighted by Gasteiger charge is 2.94. The topological polar surface area (TPSA) is 0 Å². The summed E-state index contributed by atoms with van der Waals surface area (Å²) in [5, 5.41) is 0. The van der Waals surface area contributed by atoms with E-state index in [-0.39, 0.29) is 0 Å². The van der Waals surface area contributed by atoms with E-state index < -0.39 is 196 Å². The van der Waals surface area contributed by atoms with E-state index in [1.807, 2.05) is 0 Å². The smallest absolute Gasteiger partial charge is 0.205 e. The van der Waals surface area contributed by atoms with Gasteiger partial charge >= 0.3 is 126 Å². The molecule has 0 aromatic heterocycles. The Morgan fingerprint density at radius 3 is 0.667 bits per heavy atom. The number of hydrogen-bond donors (Lipinski definition) is 0. The summed E-state index contributed by atoms with van der Waals surface area (Å²) in [6.45, 7) is 0. The second-order valence-electron chi connectivity index (χ2n) is 14.8. The second-order valence-corrected chi connectivity index (χ2v) is 14.8. The lowest BCUT2D eigenvalue weighted by atomic mass is 9.89. The van der Waals surface area contributed by atoms with Gasteiger partial charge in [0.25, 0.3) is 0 Å². The highest BCUT2D eigenvalue weighted by molar-refractivity contribution is 5.71. The molecule has 0 heterocycles. The van der Waals surface area contributed by atoms with Crippen LogP contribution in [0.25, 0.3) is 18.2 Å². The molecule has 0 aliphatic carbocycles. The molecule has 0 nitrogen and oxygen atoms in total. The average molecular weight is 1260 g/mol. The second kappa shape index (κ2) is 19.8. The number of halogens is 45. The van der Waals surface area contributed by atoms with Gasteiger partial charge in [-0.05, 0) is 41.0 Å². The van der Waals surface area contributed by atoms with Crippen LogP contribution < -0.4 is 0 Å². The number of benzene rings is 1. The van der Waals surface area contributed by atoms with Gasteiger partial charge in [-0.3, -0.25) is 0 Å². The van der Waals surface area contributed by atoms with Crippen LogP contribution >= 0.6 is 0 Å². The molecule has 456 valence electrons. The SMILES string of the molecule is F/C(=C\c1ccc(/C=C(\F)C(F)(F)C(F)(F)C(F)(F)C(F)(F)C(F)(F)C(F)(F)C(F)F)c(/C=C(\F)C(F)(F)C(F)(F)C(F)(F)C(F)(F)C(F)(F)C(F)(F)C(F)F)c1)C(F)(F)C(F)(F)C(F)(F)C(F)(F)C(F)(F)C(F)(F)C(F)F. The van der Waals surface area contributed by atoms with Gasteiger partial charge in [0.2, 0.25) is 0 Å². The molecule has 0 aliphatic heterocycles. The molecule has 78 heavy (non-hydrogen) atoms. The van der Waals surface area contributed by atoms with Gasteiger partial charge in [-0.2, -0.15) is 158 Å². The first-order valence-corrected chi connectivity index (χ1v) is 17.5. The summed E-state index contributed by atoms with van der Waals surface area (Å²) in [7, 11) is 0. The largest absolute Gasteiger partial charge is 0.385 e. The van der Waals surface area contributed by atoms with Crippen molar-refractivity contribution >= 4 is 18.2 Å². The summed E-state index contributed by atoms with van der Waals surface area (Å²) in [5.74, 6) is -172. The van der Waals surface area contributed by atoms with E-state index in [9.17, 15) is 198 Å². The molecule has 0 unspecified atom stereocenters. The Balaban J connectivity index is 4.63. The fraction of sp³-hybridized carbons (Fsp3) is 0.636. The summed E-state index contributed by atoms with van der Waals surface area (Å²) in [6, 6.07) is -3.79. The van der Waals surface area contributed by atoms with E-state index in [0.29, 0.717) is 0 Å². The highest BCUT2D eigenvalue weighted by Crippen LogP contribution is 2.66. The molecular weight excluding hydrogens is 1250 g/mol. The van der Waals surface area contributed by atoms with Crippen molar-refractivity contribution < 1.29 is 198 Å². The Kier molecular flexibility index (Phi) is 18.1. The van der Waals surface area contributed by atoms with Gasteiger partial charge in [-0.15, -0.1) is 0 Å². The lowest BCUT2D eigenvalue weighted by Gasteiger charge is -2.40. The molecule has 0 saturated carbocycles. The van der Waals surface area contributed by atoms with Crippen LogP contribution in [0.2, 0.25) is 0 Å². The molecule has 0 aliphatic rings. The monoisotopic (exact) mass is 1260 g/mol. The van der Waals surface area contributed by atoms with Crippen molar-refractivity contribution in [2.24, 2.45) is 0 Å². The van der Waals surface area contributed by atoms with E-state index >= 15 is 0 Å². The fourth-order valence-corrected chi connectivity index (χ4v) is 4.89. The number of hydrogen-bond acceptors (Lipinski definition) is 0. The molecule has 1 aromatic rings. The minimum atomic E-state index is -9.23. The van der Waals surface area contributed by atoms with Gasteiger partial charge in [0, 0.05) is 0 Å². The summed E-state index contributed by atoms with van der Waals surface area (Å²) >= 11 is 0. The third-order valence-corrected chi connectivity index (χ3v) is 9.68. The Labute approximate surface area is 395 Å². The summed E-state index contributed by atoms with van der Waals surface area (Å²) in [5.41, 5.74) is -9.02. The number of alkyl halides is 42. The Morgan fingerprint density at radius 1 is 0.256 bits per heavy atom.